The highest BCUT2D eigenvalue weighted by Crippen LogP contribution is 2.18. The molecule has 0 aliphatic carbocycles. The van der Waals surface area contributed by atoms with E-state index in [2.05, 4.69) is 15.0 Å². The summed E-state index contributed by atoms with van der Waals surface area (Å²) in [5, 5.41) is 4.21. The Morgan fingerprint density at radius 1 is 1.33 bits per heavy atom. The van der Waals surface area contributed by atoms with Crippen molar-refractivity contribution >= 4 is 23.5 Å². The molecule has 112 valence electrons. The van der Waals surface area contributed by atoms with Crippen molar-refractivity contribution in [2.75, 3.05) is 43.4 Å². The summed E-state index contributed by atoms with van der Waals surface area (Å²) >= 11 is 0. The minimum Gasteiger partial charge on any atom is -0.450 e. The number of hydrogen-bond acceptors (Lipinski definition) is 6. The summed E-state index contributed by atoms with van der Waals surface area (Å²) in [4.78, 5) is 19.7. The number of nitrogens with two attached hydrogens (primary N) is 1. The first-order chi connectivity index (χ1) is 10.2. The van der Waals surface area contributed by atoms with Crippen LogP contribution in [-0.2, 0) is 4.74 Å². The number of amides is 1. The summed E-state index contributed by atoms with van der Waals surface area (Å²) in [6.07, 6.45) is -0.250. The number of ether oxygens (including phenoxy) is 1. The van der Waals surface area contributed by atoms with E-state index in [0.717, 1.165) is 24.6 Å². The van der Waals surface area contributed by atoms with Gasteiger partial charge in [0, 0.05) is 26.2 Å². The van der Waals surface area contributed by atoms with Crippen molar-refractivity contribution in [3.63, 3.8) is 0 Å². The van der Waals surface area contributed by atoms with E-state index >= 15 is 0 Å². The van der Waals surface area contributed by atoms with Gasteiger partial charge in [0.15, 0.2) is 5.65 Å². The Morgan fingerprint density at radius 3 is 2.81 bits per heavy atom. The Kier molecular flexibility index (Phi) is 3.51. The van der Waals surface area contributed by atoms with E-state index in [0.29, 0.717) is 19.7 Å². The van der Waals surface area contributed by atoms with Gasteiger partial charge in [-0.1, -0.05) is 6.07 Å². The summed E-state index contributed by atoms with van der Waals surface area (Å²) in [6, 6.07) is 5.76. The number of anilines is 2. The molecule has 8 heteroatoms. The van der Waals surface area contributed by atoms with Gasteiger partial charge in [-0.25, -0.2) is 4.79 Å². The highest BCUT2D eigenvalue weighted by molar-refractivity contribution is 5.68. The van der Waals surface area contributed by atoms with Crippen LogP contribution in [0.25, 0.3) is 5.65 Å². The molecule has 0 aromatic carbocycles. The van der Waals surface area contributed by atoms with Crippen LogP contribution in [-0.4, -0.2) is 58.4 Å². The van der Waals surface area contributed by atoms with Crippen LogP contribution in [0, 0.1) is 0 Å². The summed E-state index contributed by atoms with van der Waals surface area (Å²) < 4.78 is 6.75. The highest BCUT2D eigenvalue weighted by Gasteiger charge is 2.23. The minimum atomic E-state index is -0.250. The maximum absolute atomic E-state index is 11.7. The van der Waals surface area contributed by atoms with Crippen LogP contribution in [0.1, 0.15) is 6.92 Å². The zero-order valence-electron chi connectivity index (χ0n) is 11.9. The van der Waals surface area contributed by atoms with Crippen LogP contribution < -0.4 is 10.6 Å². The third-order valence-corrected chi connectivity index (χ3v) is 3.49. The third kappa shape index (κ3) is 2.56. The van der Waals surface area contributed by atoms with Gasteiger partial charge in [-0.2, -0.15) is 9.50 Å². The molecule has 1 aliphatic heterocycles. The summed E-state index contributed by atoms with van der Waals surface area (Å²) in [7, 11) is 0. The number of hydrogen-bond donors (Lipinski definition) is 1. The second-order valence-electron chi connectivity index (χ2n) is 4.80. The Labute approximate surface area is 122 Å². The molecule has 1 aliphatic rings. The predicted octanol–water partition coefficient (Wildman–Crippen LogP) is 0.590. The molecule has 2 aromatic rings. The van der Waals surface area contributed by atoms with E-state index < -0.39 is 0 Å². The zero-order valence-corrected chi connectivity index (χ0v) is 11.9. The number of nitrogens with zero attached hydrogens (tertiary/aromatic N) is 5. The second-order valence-corrected chi connectivity index (χ2v) is 4.80. The van der Waals surface area contributed by atoms with E-state index in [1.165, 1.54) is 0 Å². The zero-order chi connectivity index (χ0) is 14.8. The first kappa shape index (κ1) is 13.5. The van der Waals surface area contributed by atoms with E-state index in [9.17, 15) is 4.79 Å². The van der Waals surface area contributed by atoms with E-state index in [1.807, 2.05) is 25.1 Å². The molecule has 1 fully saturated rings. The van der Waals surface area contributed by atoms with Gasteiger partial charge in [-0.05, 0) is 19.1 Å². The van der Waals surface area contributed by atoms with Gasteiger partial charge in [0.05, 0.1) is 6.61 Å². The molecular weight excluding hydrogens is 272 g/mol. The number of rotatable bonds is 2. The first-order valence-corrected chi connectivity index (χ1v) is 6.97. The Balaban J connectivity index is 1.75. The fraction of sp³-hybridized carbons (Fsp3) is 0.462. The Morgan fingerprint density at radius 2 is 2.10 bits per heavy atom. The number of piperazine rings is 1. The van der Waals surface area contributed by atoms with Crippen molar-refractivity contribution < 1.29 is 9.53 Å². The monoisotopic (exact) mass is 290 g/mol. The molecule has 0 atom stereocenters. The SMILES string of the molecule is CCOC(=O)N1CCN(c2cccc3nc(N)nn23)CC1. The molecule has 0 unspecified atom stereocenters. The lowest BCUT2D eigenvalue weighted by atomic mass is 10.3. The molecule has 2 aromatic heterocycles. The lowest BCUT2D eigenvalue weighted by Crippen LogP contribution is -2.49. The first-order valence-electron chi connectivity index (χ1n) is 6.97. The molecule has 1 saturated heterocycles. The van der Waals surface area contributed by atoms with Crippen LogP contribution >= 0.6 is 0 Å². The highest BCUT2D eigenvalue weighted by atomic mass is 16.6. The molecule has 3 rings (SSSR count). The largest absolute Gasteiger partial charge is 0.450 e. The lowest BCUT2D eigenvalue weighted by molar-refractivity contribution is 0.105. The summed E-state index contributed by atoms with van der Waals surface area (Å²) in [5.74, 6) is 1.19. The van der Waals surface area contributed by atoms with Gasteiger partial charge < -0.3 is 20.3 Å². The van der Waals surface area contributed by atoms with Crippen LogP contribution in [0.2, 0.25) is 0 Å². The van der Waals surface area contributed by atoms with Crippen molar-refractivity contribution in [2.24, 2.45) is 0 Å². The predicted molar refractivity (Wildman–Crippen MR) is 78.2 cm³/mol. The summed E-state index contributed by atoms with van der Waals surface area (Å²) in [5.41, 5.74) is 6.37. The maximum Gasteiger partial charge on any atom is 0.409 e. The minimum absolute atomic E-state index is 0.250. The molecule has 0 spiro atoms. The average molecular weight is 290 g/mol. The number of carbonyl (C=O) groups excluding carboxylic acids is 1. The average Bonchev–Trinajstić information content (AvgIpc) is 2.87. The Hall–Kier alpha value is -2.51. The molecule has 1 amide bonds. The number of nitrogen functional groups attached to an aromatic ring is 1. The van der Waals surface area contributed by atoms with Gasteiger partial charge in [0.1, 0.15) is 5.82 Å². The van der Waals surface area contributed by atoms with Crippen LogP contribution in [0.4, 0.5) is 16.6 Å². The van der Waals surface area contributed by atoms with Crippen molar-refractivity contribution in [1.82, 2.24) is 19.5 Å². The van der Waals surface area contributed by atoms with Crippen molar-refractivity contribution in [1.29, 1.82) is 0 Å². The maximum atomic E-state index is 11.7. The molecule has 21 heavy (non-hydrogen) atoms. The lowest BCUT2D eigenvalue weighted by Gasteiger charge is -2.35. The van der Waals surface area contributed by atoms with E-state index in [1.54, 1.807) is 9.42 Å². The third-order valence-electron chi connectivity index (χ3n) is 3.49. The molecule has 0 bridgehead atoms. The summed E-state index contributed by atoms with van der Waals surface area (Å²) in [6.45, 7) is 4.90. The molecule has 3 heterocycles. The van der Waals surface area contributed by atoms with Gasteiger partial charge >= 0.3 is 6.09 Å². The van der Waals surface area contributed by atoms with Crippen LogP contribution in [0.5, 0.6) is 0 Å². The number of carbonyl (C=O) groups is 1. The number of pyridine rings is 1. The fourth-order valence-electron chi connectivity index (χ4n) is 2.48. The normalized spacial score (nSPS) is 15.5. The van der Waals surface area contributed by atoms with E-state index in [-0.39, 0.29) is 12.0 Å². The Bertz CT molecular complexity index is 647. The fourth-order valence-corrected chi connectivity index (χ4v) is 2.48. The molecule has 0 radical (unpaired) electrons. The van der Waals surface area contributed by atoms with Gasteiger partial charge in [0.2, 0.25) is 5.95 Å². The van der Waals surface area contributed by atoms with Crippen molar-refractivity contribution in [3.8, 4) is 0 Å². The second kappa shape index (κ2) is 5.47. The molecule has 0 saturated carbocycles. The van der Waals surface area contributed by atoms with Crippen LogP contribution in [0.15, 0.2) is 18.2 Å². The van der Waals surface area contributed by atoms with Gasteiger partial charge in [0.25, 0.3) is 0 Å². The smallest absolute Gasteiger partial charge is 0.409 e. The molecular formula is C13H18N6O2. The van der Waals surface area contributed by atoms with Crippen molar-refractivity contribution in [3.05, 3.63) is 18.2 Å². The number of aromatic nitrogens is 3. The standard InChI is InChI=1S/C13H18N6O2/c1-2-21-13(20)18-8-6-17(7-9-18)11-5-3-4-10-15-12(14)16-19(10)11/h3-5H,2,6-9H2,1H3,(H2,14,16). The topological polar surface area (TPSA) is 89.0 Å². The van der Waals surface area contributed by atoms with Gasteiger partial charge in [-0.3, -0.25) is 0 Å². The number of fused-ring (bicyclic) bond motifs is 1. The molecule has 8 nitrogen and oxygen atoms in total. The molecule has 2 N–H and O–H groups in total. The van der Waals surface area contributed by atoms with Gasteiger partial charge in [-0.15, -0.1) is 5.10 Å². The van der Waals surface area contributed by atoms with E-state index in [4.69, 9.17) is 10.5 Å². The quantitative estimate of drug-likeness (QED) is 0.870. The van der Waals surface area contributed by atoms with Crippen molar-refractivity contribution in [2.45, 2.75) is 6.92 Å². The van der Waals surface area contributed by atoms with Crippen LogP contribution in [0.3, 0.4) is 0 Å².